The van der Waals surface area contributed by atoms with Gasteiger partial charge in [-0.25, -0.2) is 9.18 Å². The van der Waals surface area contributed by atoms with Crippen LogP contribution in [0.15, 0.2) is 42.5 Å². The summed E-state index contributed by atoms with van der Waals surface area (Å²) in [4.78, 5) is 24.2. The fourth-order valence-electron chi connectivity index (χ4n) is 2.13. The average molecular weight is 364 g/mol. The molecule has 6 heteroatoms. The van der Waals surface area contributed by atoms with E-state index in [1.54, 1.807) is 12.1 Å². The summed E-state index contributed by atoms with van der Waals surface area (Å²) in [5.74, 6) is -1.42. The predicted molar refractivity (Wildman–Crippen MR) is 95.4 cm³/mol. The van der Waals surface area contributed by atoms with E-state index in [1.807, 2.05) is 12.1 Å². The fraction of sp³-hybridized carbons (Fsp3) is 0.263. The number of halogens is 2. The molecule has 1 N–H and O–H groups in total. The number of amides is 1. The smallest absolute Gasteiger partial charge is 0.340 e. The summed E-state index contributed by atoms with van der Waals surface area (Å²) in [6.45, 7) is 5.61. The van der Waals surface area contributed by atoms with E-state index in [4.69, 9.17) is 16.3 Å². The minimum absolute atomic E-state index is 0.00371. The first-order chi connectivity index (χ1) is 11.8. The van der Waals surface area contributed by atoms with Crippen LogP contribution in [0.5, 0.6) is 0 Å². The van der Waals surface area contributed by atoms with Gasteiger partial charge < -0.3 is 10.1 Å². The second-order valence-electron chi connectivity index (χ2n) is 5.94. The number of carbonyl (C=O) groups excluding carboxylic acids is 2. The van der Waals surface area contributed by atoms with Crippen LogP contribution < -0.4 is 5.32 Å². The predicted octanol–water partition coefficient (Wildman–Crippen LogP) is 4.79. The Morgan fingerprint density at radius 1 is 1.08 bits per heavy atom. The molecular weight excluding hydrogens is 345 g/mol. The van der Waals surface area contributed by atoms with E-state index in [9.17, 15) is 14.0 Å². The van der Waals surface area contributed by atoms with Crippen molar-refractivity contribution in [1.29, 1.82) is 0 Å². The third-order valence-corrected chi connectivity index (χ3v) is 3.96. The summed E-state index contributed by atoms with van der Waals surface area (Å²) in [6, 6.07) is 10.8. The molecule has 2 aromatic carbocycles. The van der Waals surface area contributed by atoms with Crippen LogP contribution in [-0.4, -0.2) is 18.0 Å². The molecule has 25 heavy (non-hydrogen) atoms. The van der Waals surface area contributed by atoms with Crippen molar-refractivity contribution in [3.05, 3.63) is 64.4 Å². The third kappa shape index (κ3) is 5.03. The zero-order valence-corrected chi connectivity index (χ0v) is 14.9. The van der Waals surface area contributed by atoms with E-state index in [2.05, 4.69) is 19.2 Å². The van der Waals surface area contributed by atoms with Crippen LogP contribution in [0.2, 0.25) is 5.02 Å². The molecular formula is C19H19ClFNO3. The van der Waals surface area contributed by atoms with Crippen LogP contribution in [0, 0.1) is 5.82 Å². The first-order valence-corrected chi connectivity index (χ1v) is 8.22. The molecule has 0 heterocycles. The highest BCUT2D eigenvalue weighted by molar-refractivity contribution is 6.33. The van der Waals surface area contributed by atoms with Crippen molar-refractivity contribution >= 4 is 29.2 Å². The fourth-order valence-corrected chi connectivity index (χ4v) is 2.37. The van der Waals surface area contributed by atoms with Gasteiger partial charge in [0.25, 0.3) is 5.91 Å². The minimum Gasteiger partial charge on any atom is -0.449 e. The lowest BCUT2D eigenvalue weighted by Gasteiger charge is -2.14. The van der Waals surface area contributed by atoms with E-state index in [0.717, 1.165) is 17.7 Å². The Balaban J connectivity index is 1.98. The number of ether oxygens (including phenoxy) is 1. The van der Waals surface area contributed by atoms with Gasteiger partial charge in [0.15, 0.2) is 6.10 Å². The molecule has 132 valence electrons. The molecule has 2 rings (SSSR count). The number of benzene rings is 2. The summed E-state index contributed by atoms with van der Waals surface area (Å²) in [6.07, 6.45) is -1.03. The zero-order chi connectivity index (χ0) is 18.6. The molecule has 0 fully saturated rings. The molecule has 4 nitrogen and oxygen atoms in total. The maximum Gasteiger partial charge on any atom is 0.340 e. The van der Waals surface area contributed by atoms with Crippen LogP contribution >= 0.6 is 11.6 Å². The minimum atomic E-state index is -1.03. The monoisotopic (exact) mass is 363 g/mol. The standard InChI is InChI=1S/C19H19ClFNO3/c1-11(2)13-4-7-15(8-5-13)22-18(23)12(3)25-19(24)16-9-6-14(21)10-17(16)20/h4-12H,1-3H3,(H,22,23)/t12-/m0/s1. The van der Waals surface area contributed by atoms with Crippen molar-refractivity contribution in [2.75, 3.05) is 5.32 Å². The van der Waals surface area contributed by atoms with E-state index >= 15 is 0 Å². The molecule has 2 aromatic rings. The van der Waals surface area contributed by atoms with E-state index in [0.29, 0.717) is 11.6 Å². The number of anilines is 1. The summed E-state index contributed by atoms with van der Waals surface area (Å²) >= 11 is 5.82. The second-order valence-corrected chi connectivity index (χ2v) is 6.34. The highest BCUT2D eigenvalue weighted by Gasteiger charge is 2.21. The second kappa shape index (κ2) is 8.12. The van der Waals surface area contributed by atoms with Gasteiger partial charge in [0.05, 0.1) is 10.6 Å². The summed E-state index contributed by atoms with van der Waals surface area (Å²) in [5.41, 5.74) is 1.77. The Bertz CT molecular complexity index is 775. The molecule has 0 unspecified atom stereocenters. The van der Waals surface area contributed by atoms with Crippen molar-refractivity contribution in [2.24, 2.45) is 0 Å². The SMILES string of the molecule is CC(C)c1ccc(NC(=O)[C@H](C)OC(=O)c2ccc(F)cc2Cl)cc1. The quantitative estimate of drug-likeness (QED) is 0.777. The molecule has 0 spiro atoms. The first kappa shape index (κ1) is 18.9. The molecule has 0 radical (unpaired) electrons. The third-order valence-electron chi connectivity index (χ3n) is 3.65. The Morgan fingerprint density at radius 3 is 2.28 bits per heavy atom. The van der Waals surface area contributed by atoms with Crippen LogP contribution in [0.4, 0.5) is 10.1 Å². The van der Waals surface area contributed by atoms with Gasteiger partial charge in [-0.05, 0) is 48.7 Å². The lowest BCUT2D eigenvalue weighted by molar-refractivity contribution is -0.123. The molecule has 1 amide bonds. The number of carbonyl (C=O) groups is 2. The van der Waals surface area contributed by atoms with Gasteiger partial charge in [-0.1, -0.05) is 37.6 Å². The Hall–Kier alpha value is -2.40. The maximum absolute atomic E-state index is 13.0. The average Bonchev–Trinajstić information content (AvgIpc) is 2.55. The van der Waals surface area contributed by atoms with Crippen LogP contribution in [0.1, 0.15) is 42.6 Å². The summed E-state index contributed by atoms with van der Waals surface area (Å²) in [7, 11) is 0. The number of esters is 1. The molecule has 0 aliphatic heterocycles. The topological polar surface area (TPSA) is 55.4 Å². The molecule has 0 aliphatic carbocycles. The Morgan fingerprint density at radius 2 is 1.72 bits per heavy atom. The van der Waals surface area contributed by atoms with Crippen molar-refractivity contribution in [3.63, 3.8) is 0 Å². The zero-order valence-electron chi connectivity index (χ0n) is 14.2. The van der Waals surface area contributed by atoms with Gasteiger partial charge in [-0.2, -0.15) is 0 Å². The van der Waals surface area contributed by atoms with Crippen molar-refractivity contribution in [3.8, 4) is 0 Å². The highest BCUT2D eigenvalue weighted by Crippen LogP contribution is 2.20. The molecule has 0 bridgehead atoms. The van der Waals surface area contributed by atoms with Gasteiger partial charge in [-0.15, -0.1) is 0 Å². The van der Waals surface area contributed by atoms with E-state index in [-0.39, 0.29) is 10.6 Å². The Labute approximate surface area is 150 Å². The molecule has 0 saturated heterocycles. The van der Waals surface area contributed by atoms with Gasteiger partial charge in [0.2, 0.25) is 0 Å². The largest absolute Gasteiger partial charge is 0.449 e. The van der Waals surface area contributed by atoms with Crippen molar-refractivity contribution in [1.82, 2.24) is 0 Å². The lowest BCUT2D eigenvalue weighted by Crippen LogP contribution is -2.30. The van der Waals surface area contributed by atoms with Crippen LogP contribution in [-0.2, 0) is 9.53 Å². The molecule has 1 atom stereocenters. The van der Waals surface area contributed by atoms with Crippen LogP contribution in [0.3, 0.4) is 0 Å². The summed E-state index contributed by atoms with van der Waals surface area (Å²) < 4.78 is 18.1. The van der Waals surface area contributed by atoms with Crippen molar-refractivity contribution in [2.45, 2.75) is 32.8 Å². The van der Waals surface area contributed by atoms with Gasteiger partial charge in [-0.3, -0.25) is 4.79 Å². The molecule has 0 aromatic heterocycles. The van der Waals surface area contributed by atoms with Crippen LogP contribution in [0.25, 0.3) is 0 Å². The van der Waals surface area contributed by atoms with Gasteiger partial charge >= 0.3 is 5.97 Å². The lowest BCUT2D eigenvalue weighted by atomic mass is 10.0. The number of hydrogen-bond acceptors (Lipinski definition) is 3. The highest BCUT2D eigenvalue weighted by atomic mass is 35.5. The normalized spacial score (nSPS) is 11.9. The maximum atomic E-state index is 13.0. The number of rotatable bonds is 5. The number of nitrogens with one attached hydrogen (secondary N) is 1. The summed E-state index contributed by atoms with van der Waals surface area (Å²) in [5, 5.41) is 2.61. The number of hydrogen-bond donors (Lipinski definition) is 1. The van der Waals surface area contributed by atoms with Gasteiger partial charge in [0.1, 0.15) is 5.82 Å². The molecule has 0 saturated carbocycles. The molecule has 0 aliphatic rings. The Kier molecular flexibility index (Phi) is 6.15. The first-order valence-electron chi connectivity index (χ1n) is 7.84. The van der Waals surface area contributed by atoms with E-state index < -0.39 is 23.8 Å². The van der Waals surface area contributed by atoms with E-state index in [1.165, 1.54) is 13.0 Å². The van der Waals surface area contributed by atoms with Gasteiger partial charge in [0, 0.05) is 5.69 Å². The van der Waals surface area contributed by atoms with Crippen molar-refractivity contribution < 1.29 is 18.7 Å².